The van der Waals surface area contributed by atoms with Crippen LogP contribution in [-0.2, 0) is 9.59 Å². The number of nitrogens with zero attached hydrogens (tertiary/aromatic N) is 2. The minimum Gasteiger partial charge on any atom is -0.480 e. The predicted molar refractivity (Wildman–Crippen MR) is 93.9 cm³/mol. The van der Waals surface area contributed by atoms with Crippen molar-refractivity contribution in [2.75, 3.05) is 31.5 Å². The molecule has 0 aromatic heterocycles. The number of carbonyl (C=O) groups excluding carboxylic acids is 1. The van der Waals surface area contributed by atoms with Crippen molar-refractivity contribution in [3.05, 3.63) is 29.8 Å². The number of rotatable bonds is 7. The van der Waals surface area contributed by atoms with Gasteiger partial charge in [0.1, 0.15) is 11.6 Å². The molecule has 0 radical (unpaired) electrons. The molecule has 1 saturated heterocycles. The highest BCUT2D eigenvalue weighted by molar-refractivity contribution is 5.94. The number of benzene rings is 1. The quantitative estimate of drug-likeness (QED) is 0.771. The van der Waals surface area contributed by atoms with Gasteiger partial charge in [-0.05, 0) is 38.4 Å². The lowest BCUT2D eigenvalue weighted by Gasteiger charge is -2.39. The molecule has 0 bridgehead atoms. The summed E-state index contributed by atoms with van der Waals surface area (Å²) >= 11 is 0. The Kier molecular flexibility index (Phi) is 7.05. The number of likely N-dealkylation sites (N-methyl/N-ethyl adjacent to an activating group) is 1. The molecule has 144 valence electrons. The monoisotopic (exact) mass is 369 g/mol. The van der Waals surface area contributed by atoms with Gasteiger partial charge in [-0.3, -0.25) is 19.4 Å². The molecule has 2 N–H and O–H groups in total. The van der Waals surface area contributed by atoms with Gasteiger partial charge in [-0.2, -0.15) is 0 Å². The molecule has 0 spiro atoms. The van der Waals surface area contributed by atoms with Gasteiger partial charge in [-0.25, -0.2) is 8.78 Å². The van der Waals surface area contributed by atoms with Gasteiger partial charge in [-0.1, -0.05) is 6.92 Å². The van der Waals surface area contributed by atoms with Crippen molar-refractivity contribution in [1.29, 1.82) is 0 Å². The largest absolute Gasteiger partial charge is 0.480 e. The van der Waals surface area contributed by atoms with Crippen molar-refractivity contribution in [2.45, 2.75) is 38.8 Å². The van der Waals surface area contributed by atoms with Crippen LogP contribution in [0.5, 0.6) is 0 Å². The molecule has 1 aliphatic heterocycles. The fraction of sp³-hybridized carbons (Fsp3) is 0.556. The zero-order chi connectivity index (χ0) is 19.3. The van der Waals surface area contributed by atoms with Gasteiger partial charge in [0, 0.05) is 25.2 Å². The summed E-state index contributed by atoms with van der Waals surface area (Å²) < 4.78 is 26.6. The minimum absolute atomic E-state index is 0.0149. The number of halogens is 2. The summed E-state index contributed by atoms with van der Waals surface area (Å²) in [5, 5.41) is 11.5. The number of carbonyl (C=O) groups is 2. The molecule has 1 aromatic rings. The van der Waals surface area contributed by atoms with Crippen LogP contribution in [-0.4, -0.2) is 65.0 Å². The van der Waals surface area contributed by atoms with E-state index < -0.39 is 23.6 Å². The Labute approximate surface area is 151 Å². The summed E-state index contributed by atoms with van der Waals surface area (Å²) in [6.45, 7) is 5.66. The van der Waals surface area contributed by atoms with E-state index in [1.807, 2.05) is 16.7 Å². The second-order valence-electron chi connectivity index (χ2n) is 6.51. The van der Waals surface area contributed by atoms with E-state index in [2.05, 4.69) is 5.32 Å². The van der Waals surface area contributed by atoms with Crippen molar-refractivity contribution >= 4 is 17.6 Å². The molecule has 6 nitrogen and oxygen atoms in total. The molecule has 1 amide bonds. The Morgan fingerprint density at radius 2 is 2.00 bits per heavy atom. The van der Waals surface area contributed by atoms with Crippen molar-refractivity contribution in [2.24, 2.45) is 0 Å². The maximum atomic E-state index is 13.7. The average Bonchev–Trinajstić information content (AvgIpc) is 2.61. The highest BCUT2D eigenvalue weighted by atomic mass is 19.1. The van der Waals surface area contributed by atoms with Crippen molar-refractivity contribution in [1.82, 2.24) is 9.80 Å². The van der Waals surface area contributed by atoms with E-state index in [9.17, 15) is 18.4 Å². The number of anilines is 1. The topological polar surface area (TPSA) is 72.9 Å². The average molecular weight is 369 g/mol. The lowest BCUT2D eigenvalue weighted by atomic mass is 10.0. The molecule has 8 heteroatoms. The third-order valence-corrected chi connectivity index (χ3v) is 4.88. The Balaban J connectivity index is 1.89. The number of carboxylic acid groups (broad SMARTS) is 1. The minimum atomic E-state index is -0.844. The lowest BCUT2D eigenvalue weighted by Crippen LogP contribution is -2.51. The molecule has 2 rings (SSSR count). The number of hydrogen-bond donors (Lipinski definition) is 2. The zero-order valence-electron chi connectivity index (χ0n) is 15.0. The molecular formula is C18H25F2N3O3. The van der Waals surface area contributed by atoms with Gasteiger partial charge in [0.15, 0.2) is 0 Å². The van der Waals surface area contributed by atoms with Crippen LogP contribution in [0, 0.1) is 11.6 Å². The molecule has 1 unspecified atom stereocenters. The van der Waals surface area contributed by atoms with E-state index in [1.165, 1.54) is 6.07 Å². The Morgan fingerprint density at radius 1 is 1.35 bits per heavy atom. The highest BCUT2D eigenvalue weighted by Crippen LogP contribution is 2.20. The first-order valence-corrected chi connectivity index (χ1v) is 8.77. The first-order valence-electron chi connectivity index (χ1n) is 8.77. The van der Waals surface area contributed by atoms with Crippen LogP contribution in [0.2, 0.25) is 0 Å². The highest BCUT2D eigenvalue weighted by Gasteiger charge is 2.29. The van der Waals surface area contributed by atoms with Gasteiger partial charge in [0.05, 0.1) is 18.3 Å². The normalized spacial score (nSPS) is 17.3. The van der Waals surface area contributed by atoms with Crippen LogP contribution in [0.25, 0.3) is 0 Å². The zero-order valence-corrected chi connectivity index (χ0v) is 15.0. The van der Waals surface area contributed by atoms with Gasteiger partial charge >= 0.3 is 5.97 Å². The van der Waals surface area contributed by atoms with E-state index in [1.54, 1.807) is 6.92 Å². The smallest absolute Gasteiger partial charge is 0.317 e. The summed E-state index contributed by atoms with van der Waals surface area (Å²) in [6, 6.07) is 2.74. The van der Waals surface area contributed by atoms with Crippen LogP contribution in [0.4, 0.5) is 14.5 Å². The molecular weight excluding hydrogens is 344 g/mol. The third kappa shape index (κ3) is 5.22. The van der Waals surface area contributed by atoms with Crippen LogP contribution >= 0.6 is 0 Å². The fourth-order valence-electron chi connectivity index (χ4n) is 3.30. The van der Waals surface area contributed by atoms with Crippen LogP contribution in [0.1, 0.15) is 26.7 Å². The second kappa shape index (κ2) is 9.05. The van der Waals surface area contributed by atoms with Gasteiger partial charge < -0.3 is 10.4 Å². The number of amides is 1. The molecule has 0 aliphatic carbocycles. The summed E-state index contributed by atoms with van der Waals surface area (Å²) in [7, 11) is 0. The summed E-state index contributed by atoms with van der Waals surface area (Å²) in [5.74, 6) is -2.70. The molecule has 26 heavy (non-hydrogen) atoms. The number of aliphatic carboxylic acids is 1. The molecule has 1 heterocycles. The van der Waals surface area contributed by atoms with Crippen LogP contribution in [0.15, 0.2) is 18.2 Å². The van der Waals surface area contributed by atoms with Crippen LogP contribution in [0.3, 0.4) is 0 Å². The molecule has 1 fully saturated rings. The number of piperidine rings is 1. The van der Waals surface area contributed by atoms with Crippen molar-refractivity contribution < 1.29 is 23.5 Å². The summed E-state index contributed by atoms with van der Waals surface area (Å²) in [6.07, 6.45) is 1.54. The molecule has 0 saturated carbocycles. The molecule has 1 aliphatic rings. The number of nitrogens with one attached hydrogen (secondary N) is 1. The lowest BCUT2D eigenvalue weighted by molar-refractivity contribution is -0.139. The van der Waals surface area contributed by atoms with Crippen molar-refractivity contribution in [3.8, 4) is 0 Å². The van der Waals surface area contributed by atoms with Gasteiger partial charge in [0.25, 0.3) is 0 Å². The third-order valence-electron chi connectivity index (χ3n) is 4.88. The number of carboxylic acids is 1. The van der Waals surface area contributed by atoms with Crippen molar-refractivity contribution in [3.63, 3.8) is 0 Å². The summed E-state index contributed by atoms with van der Waals surface area (Å²) in [5.41, 5.74) is -0.0447. The second-order valence-corrected chi connectivity index (χ2v) is 6.51. The Morgan fingerprint density at radius 3 is 2.54 bits per heavy atom. The molecule has 1 aromatic carbocycles. The standard InChI is InChI=1S/C18H25F2N3O3/c1-3-22(11-17(24)25)14-6-8-23(9-7-14)12(2)18(26)21-16-5-4-13(19)10-15(16)20/h4-5,10,12,14H,3,6-9,11H2,1-2H3,(H,21,26)(H,24,25). The van der Waals surface area contributed by atoms with Crippen LogP contribution < -0.4 is 5.32 Å². The molecule has 1 atom stereocenters. The maximum absolute atomic E-state index is 13.7. The van der Waals surface area contributed by atoms with Gasteiger partial charge in [-0.15, -0.1) is 0 Å². The van der Waals surface area contributed by atoms with E-state index >= 15 is 0 Å². The van der Waals surface area contributed by atoms with E-state index in [0.717, 1.165) is 25.0 Å². The number of likely N-dealkylation sites (tertiary alicyclic amines) is 1. The fourth-order valence-corrected chi connectivity index (χ4v) is 3.30. The van der Waals surface area contributed by atoms with E-state index in [4.69, 9.17) is 5.11 Å². The van der Waals surface area contributed by atoms with E-state index in [-0.39, 0.29) is 24.2 Å². The Bertz CT molecular complexity index is 649. The maximum Gasteiger partial charge on any atom is 0.317 e. The summed E-state index contributed by atoms with van der Waals surface area (Å²) in [4.78, 5) is 27.2. The number of hydrogen-bond acceptors (Lipinski definition) is 4. The van der Waals surface area contributed by atoms with Gasteiger partial charge in [0.2, 0.25) is 5.91 Å². The van der Waals surface area contributed by atoms with E-state index in [0.29, 0.717) is 19.6 Å². The first kappa shape index (κ1) is 20.3. The Hall–Kier alpha value is -2.06. The first-order chi connectivity index (χ1) is 12.3. The predicted octanol–water partition coefficient (Wildman–Crippen LogP) is 2.16. The SMILES string of the molecule is CCN(CC(=O)O)C1CCN(C(C)C(=O)Nc2ccc(F)cc2F)CC1.